The molecule has 1 unspecified atom stereocenters. The highest BCUT2D eigenvalue weighted by molar-refractivity contribution is 5.59. The molecule has 1 heterocycles. The average molecular weight is 224 g/mol. The van der Waals surface area contributed by atoms with Crippen molar-refractivity contribution in [1.82, 2.24) is 5.32 Å². The zero-order valence-electron chi connectivity index (χ0n) is 9.41. The van der Waals surface area contributed by atoms with Crippen molar-refractivity contribution in [1.29, 1.82) is 0 Å². The van der Waals surface area contributed by atoms with Crippen LogP contribution < -0.4 is 10.2 Å². The smallest absolute Gasteiger partial charge is 0.139 e. The van der Waals surface area contributed by atoms with Gasteiger partial charge in [0.05, 0.1) is 5.69 Å². The number of nitrogens with one attached hydrogen (secondary N) is 1. The molecule has 0 amide bonds. The molecule has 4 heteroatoms. The summed E-state index contributed by atoms with van der Waals surface area (Å²) in [5.74, 6) is 0.170. The molecule has 0 spiro atoms. The molecule has 1 aromatic carbocycles. The second-order valence-electron chi connectivity index (χ2n) is 4.10. The fraction of sp³-hybridized carbons (Fsp3) is 0.500. The van der Waals surface area contributed by atoms with Crippen LogP contribution in [0.2, 0.25) is 0 Å². The minimum atomic E-state index is -1.04. The molecule has 1 aliphatic heterocycles. The summed E-state index contributed by atoms with van der Waals surface area (Å²) in [6.07, 6.45) is -1.04. The van der Waals surface area contributed by atoms with Crippen LogP contribution in [0, 0.1) is 0 Å². The van der Waals surface area contributed by atoms with Gasteiger partial charge in [-0.05, 0) is 24.6 Å². The van der Waals surface area contributed by atoms with Crippen molar-refractivity contribution < 1.29 is 9.50 Å². The number of phenolic OH excluding ortho intramolecular Hbond substituents is 1. The first-order valence-corrected chi connectivity index (χ1v) is 5.61. The second kappa shape index (κ2) is 4.70. The highest BCUT2D eigenvalue weighted by atomic mass is 19.1. The highest BCUT2D eigenvalue weighted by Crippen LogP contribution is 2.31. The van der Waals surface area contributed by atoms with Crippen LogP contribution in [0.1, 0.15) is 18.7 Å². The summed E-state index contributed by atoms with van der Waals surface area (Å²) in [4.78, 5) is 2.11. The number of anilines is 1. The first-order chi connectivity index (χ1) is 7.68. The Hall–Kier alpha value is -1.29. The van der Waals surface area contributed by atoms with E-state index in [0.29, 0.717) is 5.56 Å². The number of rotatable bonds is 2. The standard InChI is InChI=1S/C12H17FN2O/c1-9(13)10-2-3-11(12(16)8-10)15-6-4-14-5-7-15/h2-3,8-9,14,16H,4-7H2,1H3. The van der Waals surface area contributed by atoms with Gasteiger partial charge in [0.25, 0.3) is 0 Å². The Balaban J connectivity index is 2.21. The Kier molecular flexibility index (Phi) is 3.29. The largest absolute Gasteiger partial charge is 0.506 e. The van der Waals surface area contributed by atoms with Gasteiger partial charge >= 0.3 is 0 Å². The van der Waals surface area contributed by atoms with E-state index in [1.807, 2.05) is 0 Å². The van der Waals surface area contributed by atoms with Gasteiger partial charge in [-0.15, -0.1) is 0 Å². The number of hydrogen-bond donors (Lipinski definition) is 2. The third kappa shape index (κ3) is 2.27. The van der Waals surface area contributed by atoms with Gasteiger partial charge in [-0.2, -0.15) is 0 Å². The number of piperazine rings is 1. The number of benzene rings is 1. The monoisotopic (exact) mass is 224 g/mol. The molecule has 1 fully saturated rings. The third-order valence-electron chi connectivity index (χ3n) is 2.92. The molecule has 0 bridgehead atoms. The number of phenols is 1. The molecular formula is C12H17FN2O. The predicted molar refractivity (Wildman–Crippen MR) is 62.7 cm³/mol. The SMILES string of the molecule is CC(F)c1ccc(N2CCNCC2)c(O)c1. The van der Waals surface area contributed by atoms with Crippen LogP contribution in [0.5, 0.6) is 5.75 Å². The van der Waals surface area contributed by atoms with Crippen LogP contribution in [0.15, 0.2) is 18.2 Å². The van der Waals surface area contributed by atoms with E-state index in [4.69, 9.17) is 0 Å². The molecule has 1 atom stereocenters. The van der Waals surface area contributed by atoms with Crippen LogP contribution in [-0.4, -0.2) is 31.3 Å². The van der Waals surface area contributed by atoms with Gasteiger partial charge in [-0.25, -0.2) is 4.39 Å². The Morgan fingerprint density at radius 3 is 2.62 bits per heavy atom. The number of aromatic hydroxyl groups is 1. The molecule has 0 saturated carbocycles. The Bertz CT molecular complexity index is 362. The van der Waals surface area contributed by atoms with Crippen LogP contribution in [0.4, 0.5) is 10.1 Å². The second-order valence-corrected chi connectivity index (χ2v) is 4.10. The summed E-state index contributed by atoms with van der Waals surface area (Å²) >= 11 is 0. The molecular weight excluding hydrogens is 207 g/mol. The van der Waals surface area contributed by atoms with Gasteiger partial charge in [0, 0.05) is 26.2 Å². The van der Waals surface area contributed by atoms with Gasteiger partial charge < -0.3 is 15.3 Å². The number of halogens is 1. The molecule has 3 nitrogen and oxygen atoms in total. The van der Waals surface area contributed by atoms with Crippen LogP contribution in [-0.2, 0) is 0 Å². The Labute approximate surface area is 94.9 Å². The maximum absolute atomic E-state index is 13.1. The molecule has 1 aromatic rings. The zero-order valence-corrected chi connectivity index (χ0v) is 9.41. The number of alkyl halides is 1. The first-order valence-electron chi connectivity index (χ1n) is 5.61. The van der Waals surface area contributed by atoms with Gasteiger partial charge in [0.15, 0.2) is 0 Å². The molecule has 0 radical (unpaired) electrons. The topological polar surface area (TPSA) is 35.5 Å². The van der Waals surface area contributed by atoms with Crippen molar-refractivity contribution in [3.05, 3.63) is 23.8 Å². The highest BCUT2D eigenvalue weighted by Gasteiger charge is 2.15. The molecule has 88 valence electrons. The van der Waals surface area contributed by atoms with E-state index >= 15 is 0 Å². The maximum atomic E-state index is 13.1. The number of nitrogens with zero attached hydrogens (tertiary/aromatic N) is 1. The molecule has 0 aliphatic carbocycles. The zero-order chi connectivity index (χ0) is 11.5. The van der Waals surface area contributed by atoms with E-state index < -0.39 is 6.17 Å². The minimum Gasteiger partial charge on any atom is -0.506 e. The molecule has 2 rings (SSSR count). The van der Waals surface area contributed by atoms with E-state index in [0.717, 1.165) is 31.9 Å². The lowest BCUT2D eigenvalue weighted by molar-refractivity contribution is 0.372. The molecule has 1 saturated heterocycles. The van der Waals surface area contributed by atoms with Crippen LogP contribution in [0.25, 0.3) is 0 Å². The molecule has 0 aromatic heterocycles. The fourth-order valence-electron chi connectivity index (χ4n) is 1.96. The third-order valence-corrected chi connectivity index (χ3v) is 2.92. The van der Waals surface area contributed by atoms with Crippen molar-refractivity contribution in [2.45, 2.75) is 13.1 Å². The van der Waals surface area contributed by atoms with Gasteiger partial charge in [0.2, 0.25) is 0 Å². The van der Waals surface area contributed by atoms with E-state index in [2.05, 4.69) is 10.2 Å². The lowest BCUT2D eigenvalue weighted by Gasteiger charge is -2.30. The summed E-state index contributed by atoms with van der Waals surface area (Å²) < 4.78 is 13.1. The number of hydrogen-bond acceptors (Lipinski definition) is 3. The first kappa shape index (κ1) is 11.2. The summed E-state index contributed by atoms with van der Waals surface area (Å²) in [6.45, 7) is 5.05. The predicted octanol–water partition coefficient (Wildman–Crippen LogP) is 1.83. The van der Waals surface area contributed by atoms with Crippen molar-refractivity contribution in [3.63, 3.8) is 0 Å². The normalized spacial score (nSPS) is 18.5. The minimum absolute atomic E-state index is 0.170. The molecule has 2 N–H and O–H groups in total. The summed E-state index contributed by atoms with van der Waals surface area (Å²) in [5.41, 5.74) is 1.32. The van der Waals surface area contributed by atoms with E-state index in [1.54, 1.807) is 12.1 Å². The lowest BCUT2D eigenvalue weighted by atomic mass is 10.1. The van der Waals surface area contributed by atoms with Crippen molar-refractivity contribution >= 4 is 5.69 Å². The van der Waals surface area contributed by atoms with E-state index in [1.165, 1.54) is 13.0 Å². The quantitative estimate of drug-likeness (QED) is 0.804. The fourth-order valence-corrected chi connectivity index (χ4v) is 1.96. The Morgan fingerprint density at radius 1 is 1.38 bits per heavy atom. The average Bonchev–Trinajstić information content (AvgIpc) is 2.30. The van der Waals surface area contributed by atoms with Crippen LogP contribution >= 0.6 is 0 Å². The summed E-state index contributed by atoms with van der Waals surface area (Å²) in [6, 6.07) is 5.05. The van der Waals surface area contributed by atoms with Crippen LogP contribution in [0.3, 0.4) is 0 Å². The van der Waals surface area contributed by atoms with E-state index in [9.17, 15) is 9.50 Å². The molecule has 16 heavy (non-hydrogen) atoms. The van der Waals surface area contributed by atoms with Gasteiger partial charge in [-0.1, -0.05) is 6.07 Å². The van der Waals surface area contributed by atoms with Gasteiger partial charge in [0.1, 0.15) is 11.9 Å². The van der Waals surface area contributed by atoms with Crippen molar-refractivity contribution in [2.24, 2.45) is 0 Å². The summed E-state index contributed by atoms with van der Waals surface area (Å²) in [5, 5.41) is 13.1. The van der Waals surface area contributed by atoms with Crippen molar-refractivity contribution in [3.8, 4) is 5.75 Å². The summed E-state index contributed by atoms with van der Waals surface area (Å²) in [7, 11) is 0. The lowest BCUT2D eigenvalue weighted by Crippen LogP contribution is -2.43. The van der Waals surface area contributed by atoms with Gasteiger partial charge in [-0.3, -0.25) is 0 Å². The maximum Gasteiger partial charge on any atom is 0.139 e. The molecule has 1 aliphatic rings. The van der Waals surface area contributed by atoms with E-state index in [-0.39, 0.29) is 5.75 Å². The van der Waals surface area contributed by atoms with Crippen molar-refractivity contribution in [2.75, 3.05) is 31.1 Å². The Morgan fingerprint density at radius 2 is 2.06 bits per heavy atom.